The fourth-order valence-electron chi connectivity index (χ4n) is 2.12. The SMILES string of the molecule is Cc1c(F)cccc1NC(=O)NC(C)(C(=O)O)C1CC1. The molecule has 1 unspecified atom stereocenters. The summed E-state index contributed by atoms with van der Waals surface area (Å²) < 4.78 is 13.4. The van der Waals surface area contributed by atoms with Gasteiger partial charge in [-0.05, 0) is 44.7 Å². The molecule has 1 aliphatic rings. The molecule has 0 heterocycles. The summed E-state index contributed by atoms with van der Waals surface area (Å²) >= 11 is 0. The van der Waals surface area contributed by atoms with Crippen molar-refractivity contribution < 1.29 is 19.1 Å². The number of amides is 2. The van der Waals surface area contributed by atoms with E-state index in [1.54, 1.807) is 13.0 Å². The second-order valence-corrected chi connectivity index (χ2v) is 5.27. The van der Waals surface area contributed by atoms with Crippen LogP contribution in [-0.4, -0.2) is 22.6 Å². The summed E-state index contributed by atoms with van der Waals surface area (Å²) in [6.07, 6.45) is 1.56. The number of halogens is 1. The molecule has 0 radical (unpaired) electrons. The number of carbonyl (C=O) groups is 2. The second-order valence-electron chi connectivity index (χ2n) is 5.27. The Morgan fingerprint density at radius 3 is 2.60 bits per heavy atom. The third-order valence-electron chi connectivity index (χ3n) is 3.73. The van der Waals surface area contributed by atoms with Crippen LogP contribution in [0.5, 0.6) is 0 Å². The van der Waals surface area contributed by atoms with Crippen LogP contribution >= 0.6 is 0 Å². The molecule has 3 N–H and O–H groups in total. The van der Waals surface area contributed by atoms with Crippen molar-refractivity contribution in [2.24, 2.45) is 5.92 Å². The van der Waals surface area contributed by atoms with Gasteiger partial charge >= 0.3 is 12.0 Å². The maximum Gasteiger partial charge on any atom is 0.329 e. The molecule has 0 saturated heterocycles. The molecule has 1 saturated carbocycles. The monoisotopic (exact) mass is 280 g/mol. The summed E-state index contributed by atoms with van der Waals surface area (Å²) in [6.45, 7) is 3.03. The van der Waals surface area contributed by atoms with Crippen LogP contribution in [0.25, 0.3) is 0 Å². The molecule has 20 heavy (non-hydrogen) atoms. The summed E-state index contributed by atoms with van der Waals surface area (Å²) in [5.41, 5.74) is -0.650. The highest BCUT2D eigenvalue weighted by molar-refractivity contribution is 5.94. The fourth-order valence-corrected chi connectivity index (χ4v) is 2.12. The van der Waals surface area contributed by atoms with Gasteiger partial charge in [0, 0.05) is 11.3 Å². The molecule has 0 spiro atoms. The third kappa shape index (κ3) is 2.74. The highest BCUT2D eigenvalue weighted by Crippen LogP contribution is 2.39. The number of hydrogen-bond acceptors (Lipinski definition) is 2. The fraction of sp³-hybridized carbons (Fsp3) is 0.429. The first-order valence-corrected chi connectivity index (χ1v) is 6.42. The van der Waals surface area contributed by atoms with E-state index in [1.165, 1.54) is 19.1 Å². The minimum absolute atomic E-state index is 0.0562. The van der Waals surface area contributed by atoms with E-state index >= 15 is 0 Å². The van der Waals surface area contributed by atoms with Crippen LogP contribution in [0.3, 0.4) is 0 Å². The van der Waals surface area contributed by atoms with Gasteiger partial charge in [0.25, 0.3) is 0 Å². The van der Waals surface area contributed by atoms with Crippen molar-refractivity contribution in [3.8, 4) is 0 Å². The van der Waals surface area contributed by atoms with Crippen molar-refractivity contribution >= 4 is 17.7 Å². The smallest absolute Gasteiger partial charge is 0.329 e. The van der Waals surface area contributed by atoms with Crippen LogP contribution in [0, 0.1) is 18.7 Å². The second kappa shape index (κ2) is 5.11. The molecule has 1 aliphatic carbocycles. The lowest BCUT2D eigenvalue weighted by atomic mass is 9.96. The number of nitrogens with one attached hydrogen (secondary N) is 2. The van der Waals surface area contributed by atoms with Crippen LogP contribution in [0.15, 0.2) is 18.2 Å². The van der Waals surface area contributed by atoms with Gasteiger partial charge in [-0.2, -0.15) is 0 Å². The normalized spacial score (nSPS) is 17.1. The van der Waals surface area contributed by atoms with E-state index in [4.69, 9.17) is 0 Å². The summed E-state index contributed by atoms with van der Waals surface area (Å²) in [5, 5.41) is 14.2. The lowest BCUT2D eigenvalue weighted by molar-refractivity contribution is -0.144. The number of carboxylic acids is 1. The maximum atomic E-state index is 13.4. The average molecular weight is 280 g/mol. The highest BCUT2D eigenvalue weighted by atomic mass is 19.1. The largest absolute Gasteiger partial charge is 0.480 e. The van der Waals surface area contributed by atoms with E-state index < -0.39 is 23.4 Å². The molecular formula is C14H17FN2O3. The topological polar surface area (TPSA) is 78.4 Å². The quantitative estimate of drug-likeness (QED) is 0.793. The van der Waals surface area contributed by atoms with Crippen LogP contribution < -0.4 is 10.6 Å². The Balaban J connectivity index is 2.09. The Labute approximate surface area is 116 Å². The van der Waals surface area contributed by atoms with Crippen molar-refractivity contribution in [1.82, 2.24) is 5.32 Å². The molecule has 108 valence electrons. The number of urea groups is 1. The predicted molar refractivity (Wildman–Crippen MR) is 72.1 cm³/mol. The number of carbonyl (C=O) groups excluding carboxylic acids is 1. The number of benzene rings is 1. The Kier molecular flexibility index (Phi) is 3.65. The van der Waals surface area contributed by atoms with Gasteiger partial charge in [-0.3, -0.25) is 0 Å². The lowest BCUT2D eigenvalue weighted by Gasteiger charge is -2.26. The molecule has 0 bridgehead atoms. The first kappa shape index (κ1) is 14.3. The van der Waals surface area contributed by atoms with E-state index in [0.717, 1.165) is 12.8 Å². The number of rotatable bonds is 4. The van der Waals surface area contributed by atoms with E-state index in [0.29, 0.717) is 11.3 Å². The maximum absolute atomic E-state index is 13.4. The van der Waals surface area contributed by atoms with Crippen molar-refractivity contribution in [1.29, 1.82) is 0 Å². The molecule has 1 aromatic rings. The van der Waals surface area contributed by atoms with Crippen LogP contribution in [0.1, 0.15) is 25.3 Å². The molecule has 1 atom stereocenters. The van der Waals surface area contributed by atoms with Gasteiger partial charge in [0.15, 0.2) is 0 Å². The first-order valence-electron chi connectivity index (χ1n) is 6.42. The molecule has 1 aromatic carbocycles. The minimum atomic E-state index is -1.29. The summed E-state index contributed by atoms with van der Waals surface area (Å²) in [5.74, 6) is -1.54. The van der Waals surface area contributed by atoms with Crippen molar-refractivity contribution in [3.05, 3.63) is 29.6 Å². The van der Waals surface area contributed by atoms with Gasteiger partial charge in [0.05, 0.1) is 0 Å². The predicted octanol–water partition coefficient (Wildman–Crippen LogP) is 2.51. The number of hydrogen-bond donors (Lipinski definition) is 3. The molecule has 2 amide bonds. The van der Waals surface area contributed by atoms with Gasteiger partial charge in [-0.1, -0.05) is 6.07 Å². The molecule has 0 aliphatic heterocycles. The number of aliphatic carboxylic acids is 1. The Morgan fingerprint density at radius 2 is 2.05 bits per heavy atom. The van der Waals surface area contributed by atoms with Gasteiger partial charge < -0.3 is 15.7 Å². The van der Waals surface area contributed by atoms with Gasteiger partial charge in [-0.15, -0.1) is 0 Å². The van der Waals surface area contributed by atoms with Crippen LogP contribution in [0.4, 0.5) is 14.9 Å². The molecular weight excluding hydrogens is 263 g/mol. The zero-order valence-corrected chi connectivity index (χ0v) is 11.4. The van der Waals surface area contributed by atoms with E-state index in [-0.39, 0.29) is 5.92 Å². The summed E-state index contributed by atoms with van der Waals surface area (Å²) in [7, 11) is 0. The van der Waals surface area contributed by atoms with Crippen LogP contribution in [0.2, 0.25) is 0 Å². The highest BCUT2D eigenvalue weighted by Gasteiger charge is 2.48. The van der Waals surface area contributed by atoms with E-state index in [9.17, 15) is 19.1 Å². The first-order chi connectivity index (χ1) is 9.34. The van der Waals surface area contributed by atoms with Gasteiger partial charge in [0.2, 0.25) is 0 Å². The lowest BCUT2D eigenvalue weighted by Crippen LogP contribution is -2.55. The molecule has 2 rings (SSSR count). The van der Waals surface area contributed by atoms with Gasteiger partial charge in [0.1, 0.15) is 11.4 Å². The average Bonchev–Trinajstić information content (AvgIpc) is 3.19. The van der Waals surface area contributed by atoms with E-state index in [1.807, 2.05) is 0 Å². The number of carboxylic acid groups (broad SMARTS) is 1. The minimum Gasteiger partial charge on any atom is -0.480 e. The van der Waals surface area contributed by atoms with E-state index in [2.05, 4.69) is 10.6 Å². The van der Waals surface area contributed by atoms with Gasteiger partial charge in [-0.25, -0.2) is 14.0 Å². The van der Waals surface area contributed by atoms with Crippen molar-refractivity contribution in [3.63, 3.8) is 0 Å². The molecule has 5 nitrogen and oxygen atoms in total. The molecule has 6 heteroatoms. The van der Waals surface area contributed by atoms with Crippen molar-refractivity contribution in [2.45, 2.75) is 32.2 Å². The number of anilines is 1. The Morgan fingerprint density at radius 1 is 1.40 bits per heavy atom. The zero-order valence-electron chi connectivity index (χ0n) is 11.4. The Hall–Kier alpha value is -2.11. The molecule has 1 fully saturated rings. The van der Waals surface area contributed by atoms with Crippen molar-refractivity contribution in [2.75, 3.05) is 5.32 Å². The summed E-state index contributed by atoms with van der Waals surface area (Å²) in [6, 6.07) is 3.70. The summed E-state index contributed by atoms with van der Waals surface area (Å²) in [4.78, 5) is 23.2. The molecule has 0 aromatic heterocycles. The standard InChI is InChI=1S/C14H17FN2O3/c1-8-10(15)4-3-5-11(8)16-13(20)17-14(2,12(18)19)9-6-7-9/h3-5,9H,6-7H2,1-2H3,(H,18,19)(H2,16,17,20). The zero-order chi connectivity index (χ0) is 14.9. The van der Waals surface area contributed by atoms with Crippen LogP contribution in [-0.2, 0) is 4.79 Å². The Bertz CT molecular complexity index is 557. The third-order valence-corrected chi connectivity index (χ3v) is 3.73.